The van der Waals surface area contributed by atoms with Gasteiger partial charge in [0.05, 0.1) is 17.6 Å². The lowest BCUT2D eigenvalue weighted by atomic mass is 9.97. The third-order valence-electron chi connectivity index (χ3n) is 6.04. The Hall–Kier alpha value is -2.74. The lowest BCUT2D eigenvalue weighted by Crippen LogP contribution is -2.47. The van der Waals surface area contributed by atoms with E-state index in [1.165, 1.54) is 24.2 Å². The van der Waals surface area contributed by atoms with Crippen LogP contribution in [0.25, 0.3) is 5.65 Å². The van der Waals surface area contributed by atoms with Gasteiger partial charge in [-0.1, -0.05) is 11.3 Å². The van der Waals surface area contributed by atoms with Gasteiger partial charge in [-0.15, -0.1) is 0 Å². The predicted molar refractivity (Wildman–Crippen MR) is 115 cm³/mol. The molecule has 0 amide bonds. The Kier molecular flexibility index (Phi) is 5.25. The molecule has 2 bridgehead atoms. The second kappa shape index (κ2) is 8.18. The van der Waals surface area contributed by atoms with Gasteiger partial charge in [0.2, 0.25) is 5.95 Å². The van der Waals surface area contributed by atoms with Gasteiger partial charge in [0.1, 0.15) is 11.5 Å². The van der Waals surface area contributed by atoms with E-state index in [0.717, 1.165) is 35.7 Å². The monoisotopic (exact) mass is 424 g/mol. The van der Waals surface area contributed by atoms with Crippen LogP contribution in [0.4, 0.5) is 16.9 Å². The fourth-order valence-corrected chi connectivity index (χ4v) is 5.43. The van der Waals surface area contributed by atoms with E-state index in [1.807, 2.05) is 16.7 Å². The summed E-state index contributed by atoms with van der Waals surface area (Å²) in [5, 5.41) is 25.8. The van der Waals surface area contributed by atoms with Gasteiger partial charge in [0.25, 0.3) is 0 Å². The summed E-state index contributed by atoms with van der Waals surface area (Å²) >= 11 is 1.40. The molecule has 0 aliphatic carbocycles. The molecule has 3 atom stereocenters. The van der Waals surface area contributed by atoms with Gasteiger partial charge in [-0.2, -0.15) is 10.2 Å². The van der Waals surface area contributed by atoms with Gasteiger partial charge in [0.15, 0.2) is 5.13 Å². The van der Waals surface area contributed by atoms with Crippen molar-refractivity contribution in [1.29, 1.82) is 5.26 Å². The van der Waals surface area contributed by atoms with Crippen LogP contribution < -0.4 is 10.6 Å². The Morgan fingerprint density at radius 1 is 1.27 bits per heavy atom. The van der Waals surface area contributed by atoms with Gasteiger partial charge in [-0.3, -0.25) is 9.30 Å². The summed E-state index contributed by atoms with van der Waals surface area (Å²) in [4.78, 5) is 16.8. The van der Waals surface area contributed by atoms with Gasteiger partial charge < -0.3 is 15.7 Å². The molecule has 30 heavy (non-hydrogen) atoms. The van der Waals surface area contributed by atoms with Crippen LogP contribution in [-0.2, 0) is 6.61 Å². The number of nitriles is 1. The summed E-state index contributed by atoms with van der Waals surface area (Å²) in [6.07, 6.45) is 10.4. The Labute approximate surface area is 178 Å². The van der Waals surface area contributed by atoms with Crippen LogP contribution in [0.2, 0.25) is 0 Å². The van der Waals surface area contributed by atoms with E-state index in [4.69, 9.17) is 10.2 Å². The second-order valence-corrected chi connectivity index (χ2v) is 8.99. The minimum absolute atomic E-state index is 0.0236. The van der Waals surface area contributed by atoms with E-state index in [9.17, 15) is 5.11 Å². The van der Waals surface area contributed by atoms with Gasteiger partial charge >= 0.3 is 0 Å². The summed E-state index contributed by atoms with van der Waals surface area (Å²) in [5.74, 6) is 1.44. The average Bonchev–Trinajstić information content (AvgIpc) is 3.45. The Morgan fingerprint density at radius 2 is 2.10 bits per heavy atom. The molecule has 9 nitrogen and oxygen atoms in total. The molecule has 10 heteroatoms. The summed E-state index contributed by atoms with van der Waals surface area (Å²) in [7, 11) is 0. The maximum Gasteiger partial charge on any atom is 0.216 e. The fourth-order valence-electron chi connectivity index (χ4n) is 4.76. The maximum atomic E-state index is 9.28. The molecule has 3 aromatic heterocycles. The van der Waals surface area contributed by atoms with Crippen molar-refractivity contribution >= 4 is 33.9 Å². The van der Waals surface area contributed by atoms with Crippen LogP contribution in [0.1, 0.15) is 37.0 Å². The quantitative estimate of drug-likeness (QED) is 0.530. The first-order valence-electron chi connectivity index (χ1n) is 10.3. The summed E-state index contributed by atoms with van der Waals surface area (Å²) < 4.78 is 1.89. The Bertz CT molecular complexity index is 1060. The number of nitrogens with zero attached hydrogens (tertiary/aromatic N) is 6. The smallest absolute Gasteiger partial charge is 0.216 e. The van der Waals surface area contributed by atoms with E-state index in [0.29, 0.717) is 35.6 Å². The van der Waals surface area contributed by atoms with Crippen molar-refractivity contribution in [2.24, 2.45) is 0 Å². The second-order valence-electron chi connectivity index (χ2n) is 7.88. The molecule has 3 N–H and O–H groups in total. The van der Waals surface area contributed by atoms with Crippen LogP contribution in [0.15, 0.2) is 24.7 Å². The number of nitrogens with one attached hydrogen (secondary N) is 2. The number of hydrogen-bond donors (Lipinski definition) is 3. The van der Waals surface area contributed by atoms with Crippen molar-refractivity contribution in [3.05, 3.63) is 29.5 Å². The number of hydrogen-bond acceptors (Lipinski definition) is 9. The highest BCUT2D eigenvalue weighted by Crippen LogP contribution is 2.37. The zero-order valence-electron chi connectivity index (χ0n) is 16.5. The zero-order valence-corrected chi connectivity index (χ0v) is 17.3. The number of piperidine rings is 1. The Balaban J connectivity index is 1.33. The van der Waals surface area contributed by atoms with Crippen molar-refractivity contribution in [3.8, 4) is 6.07 Å². The van der Waals surface area contributed by atoms with E-state index in [-0.39, 0.29) is 6.61 Å². The van der Waals surface area contributed by atoms with Crippen molar-refractivity contribution in [1.82, 2.24) is 24.3 Å². The molecule has 2 aliphatic heterocycles. The SMILES string of the molecule is N#CCCN1[C@@H]2CC[C@H]1CC(Nc1cc3nccn3c(Nc3ncc(CO)s3)n1)C2. The zero-order chi connectivity index (χ0) is 20.5. The number of aromatic nitrogens is 4. The lowest BCUT2D eigenvalue weighted by molar-refractivity contribution is 0.136. The van der Waals surface area contributed by atoms with Crippen LogP contribution in [0.3, 0.4) is 0 Å². The third-order valence-corrected chi connectivity index (χ3v) is 6.93. The minimum atomic E-state index is -0.0236. The number of rotatable bonds is 7. The highest BCUT2D eigenvalue weighted by molar-refractivity contribution is 7.15. The molecule has 2 fully saturated rings. The normalized spacial score (nSPS) is 23.5. The van der Waals surface area contributed by atoms with Crippen molar-refractivity contribution in [2.45, 2.75) is 56.8 Å². The van der Waals surface area contributed by atoms with Crippen LogP contribution in [-0.4, -0.2) is 54.0 Å². The lowest BCUT2D eigenvalue weighted by Gasteiger charge is -2.39. The minimum Gasteiger partial charge on any atom is -0.391 e. The summed E-state index contributed by atoms with van der Waals surface area (Å²) in [5.41, 5.74) is 0.809. The molecule has 1 unspecified atom stereocenters. The van der Waals surface area contributed by atoms with E-state index < -0.39 is 0 Å². The molecular formula is C20H24N8OS. The molecule has 0 radical (unpaired) electrons. The number of aliphatic hydroxyl groups is 1. The maximum absolute atomic E-state index is 9.28. The first kappa shape index (κ1) is 19.2. The topological polar surface area (TPSA) is 114 Å². The van der Waals surface area contributed by atoms with Gasteiger partial charge in [-0.25, -0.2) is 9.97 Å². The Morgan fingerprint density at radius 3 is 2.83 bits per heavy atom. The molecule has 3 aromatic rings. The third kappa shape index (κ3) is 3.71. The number of imidazole rings is 1. The first-order valence-corrected chi connectivity index (χ1v) is 11.1. The number of thiazole rings is 1. The van der Waals surface area contributed by atoms with E-state index >= 15 is 0 Å². The molecule has 0 spiro atoms. The number of aliphatic hydroxyl groups excluding tert-OH is 1. The van der Waals surface area contributed by atoms with E-state index in [1.54, 1.807) is 12.4 Å². The summed E-state index contributed by atoms with van der Waals surface area (Å²) in [6.45, 7) is 0.860. The molecule has 2 aliphatic rings. The van der Waals surface area contributed by atoms with Crippen LogP contribution >= 0.6 is 11.3 Å². The highest BCUT2D eigenvalue weighted by atomic mass is 32.1. The largest absolute Gasteiger partial charge is 0.391 e. The van der Waals surface area contributed by atoms with Crippen molar-refractivity contribution in [3.63, 3.8) is 0 Å². The van der Waals surface area contributed by atoms with Crippen LogP contribution in [0, 0.1) is 11.3 Å². The molecule has 5 heterocycles. The standard InChI is InChI=1S/C20H24N8OS/c21-4-1-6-27-14-2-3-15(27)9-13(8-14)24-17-10-18-22-5-7-28(18)19(25-17)26-20-23-11-16(12-29)30-20/h5,7,10-11,13-15,24,29H,1-3,6,8-9,12H2,(H,23,25,26)/t13?,14-,15+. The van der Waals surface area contributed by atoms with Crippen LogP contribution in [0.5, 0.6) is 0 Å². The van der Waals surface area contributed by atoms with E-state index in [2.05, 4.69) is 31.6 Å². The molecular weight excluding hydrogens is 400 g/mol. The van der Waals surface area contributed by atoms with Gasteiger partial charge in [0, 0.05) is 55.7 Å². The predicted octanol–water partition coefficient (Wildman–Crippen LogP) is 2.74. The summed E-state index contributed by atoms with van der Waals surface area (Å²) in [6, 6.07) is 5.71. The van der Waals surface area contributed by atoms with Crippen molar-refractivity contribution in [2.75, 3.05) is 17.2 Å². The first-order chi connectivity index (χ1) is 14.7. The molecule has 156 valence electrons. The average molecular weight is 425 g/mol. The molecule has 2 saturated heterocycles. The van der Waals surface area contributed by atoms with Gasteiger partial charge in [-0.05, 0) is 25.7 Å². The molecule has 5 rings (SSSR count). The fraction of sp³-hybridized carbons (Fsp3) is 0.500. The number of anilines is 3. The van der Waals surface area contributed by atoms with Crippen molar-refractivity contribution < 1.29 is 5.11 Å². The molecule has 0 saturated carbocycles. The number of fused-ring (bicyclic) bond motifs is 3. The highest BCUT2D eigenvalue weighted by Gasteiger charge is 2.40. The molecule has 0 aromatic carbocycles.